The molecular weight excluding hydrogens is 575 g/mol. The van der Waals surface area contributed by atoms with Gasteiger partial charge in [0, 0.05) is 22.3 Å². The molecule has 40 heavy (non-hydrogen) atoms. The molecule has 2 amide bonds. The molecule has 1 aromatic heterocycles. The third-order valence-electron chi connectivity index (χ3n) is 5.35. The van der Waals surface area contributed by atoms with Crippen molar-refractivity contribution in [1.29, 1.82) is 4.78 Å². The Morgan fingerprint density at radius 2 is 1.73 bits per heavy atom. The number of carbonyl (C=O) groups excluding carboxylic acids is 1. The number of nitrogens with zero attached hydrogens (tertiary/aromatic N) is 2. The van der Waals surface area contributed by atoms with Crippen molar-refractivity contribution >= 4 is 51.4 Å². The van der Waals surface area contributed by atoms with Crippen molar-refractivity contribution in [2.24, 2.45) is 0 Å². The van der Waals surface area contributed by atoms with Crippen LogP contribution in [-0.2, 0) is 16.8 Å². The molecule has 15 heteroatoms. The topological polar surface area (TPSA) is 120 Å². The molecular formula is C25H19F5N6O2S2. The summed E-state index contributed by atoms with van der Waals surface area (Å²) in [7, 11) is -2.27. The van der Waals surface area contributed by atoms with Gasteiger partial charge in [-0.15, -0.1) is 11.8 Å². The number of hydrogen-bond acceptors (Lipinski definition) is 7. The number of thioether (sulfide) groups is 1. The number of urea groups is 1. The zero-order chi connectivity index (χ0) is 29.0. The standard InChI is InChI=1S/C25H19F5N6O2S2/c1-39-22-17(12-32-23(36-22)33-15-3-2-4-16(11-15)40(31)38)13-5-8-20(19(27)9-13)34-24(37)35-21-10-14(25(28,29)30)6-7-18(21)26/h2-12,31,40H,1H3,(H,32,33,36)(H2,34,35,37). The summed E-state index contributed by atoms with van der Waals surface area (Å²) in [6, 6.07) is 10.6. The van der Waals surface area contributed by atoms with E-state index in [2.05, 4.69) is 20.6 Å². The minimum Gasteiger partial charge on any atom is -0.324 e. The monoisotopic (exact) mass is 594 g/mol. The molecule has 1 heterocycles. The molecule has 0 saturated heterocycles. The van der Waals surface area contributed by atoms with Crippen LogP contribution in [0.15, 0.2) is 76.8 Å². The SMILES string of the molecule is CSc1nc(Nc2cccc([SH](=N)=O)c2)ncc1-c1ccc(NC(=O)Nc2cc(C(F)(F)F)ccc2F)c(F)c1. The van der Waals surface area contributed by atoms with Gasteiger partial charge in [0.05, 0.1) is 27.5 Å². The van der Waals surface area contributed by atoms with Crippen LogP contribution >= 0.6 is 11.8 Å². The molecule has 0 spiro atoms. The van der Waals surface area contributed by atoms with E-state index in [0.29, 0.717) is 44.9 Å². The van der Waals surface area contributed by atoms with Crippen molar-refractivity contribution in [2.45, 2.75) is 16.1 Å². The van der Waals surface area contributed by atoms with Gasteiger partial charge >= 0.3 is 12.2 Å². The van der Waals surface area contributed by atoms with Gasteiger partial charge in [0.1, 0.15) is 16.7 Å². The van der Waals surface area contributed by atoms with Gasteiger partial charge in [-0.1, -0.05) is 12.1 Å². The number of carbonyl (C=O) groups is 1. The zero-order valence-corrected chi connectivity index (χ0v) is 22.0. The van der Waals surface area contributed by atoms with Crippen LogP contribution in [0.3, 0.4) is 0 Å². The van der Waals surface area contributed by atoms with Crippen LogP contribution < -0.4 is 16.0 Å². The fourth-order valence-corrected chi connectivity index (χ4v) is 4.52. The van der Waals surface area contributed by atoms with Gasteiger partial charge in [-0.2, -0.15) is 13.2 Å². The lowest BCUT2D eigenvalue weighted by atomic mass is 10.1. The summed E-state index contributed by atoms with van der Waals surface area (Å²) in [5, 5.41) is 7.55. The van der Waals surface area contributed by atoms with E-state index in [1.807, 2.05) is 5.32 Å². The van der Waals surface area contributed by atoms with E-state index < -0.39 is 45.7 Å². The average Bonchev–Trinajstić information content (AvgIpc) is 2.90. The summed E-state index contributed by atoms with van der Waals surface area (Å²) < 4.78 is 86.3. The Kier molecular flexibility index (Phi) is 8.54. The molecule has 0 saturated carbocycles. The summed E-state index contributed by atoms with van der Waals surface area (Å²) in [4.78, 5) is 21.2. The normalized spacial score (nSPS) is 12.1. The Bertz CT molecular complexity index is 1660. The molecule has 0 fully saturated rings. The van der Waals surface area contributed by atoms with Crippen LogP contribution in [0.5, 0.6) is 0 Å². The molecule has 4 N–H and O–H groups in total. The predicted molar refractivity (Wildman–Crippen MR) is 143 cm³/mol. The molecule has 0 aliphatic carbocycles. The smallest absolute Gasteiger partial charge is 0.324 e. The van der Waals surface area contributed by atoms with Crippen LogP contribution in [0.1, 0.15) is 5.56 Å². The van der Waals surface area contributed by atoms with E-state index >= 15 is 0 Å². The molecule has 1 unspecified atom stereocenters. The molecule has 0 aliphatic heterocycles. The third kappa shape index (κ3) is 6.84. The minimum absolute atomic E-state index is 0.211. The molecule has 0 aliphatic rings. The summed E-state index contributed by atoms with van der Waals surface area (Å²) in [5.41, 5.74) is -0.812. The lowest BCUT2D eigenvalue weighted by Gasteiger charge is -2.13. The lowest BCUT2D eigenvalue weighted by Crippen LogP contribution is -2.21. The third-order valence-corrected chi connectivity index (χ3v) is 6.80. The highest BCUT2D eigenvalue weighted by molar-refractivity contribution is 7.98. The van der Waals surface area contributed by atoms with Crippen molar-refractivity contribution in [3.63, 3.8) is 0 Å². The number of halogens is 5. The molecule has 4 rings (SSSR count). The maximum Gasteiger partial charge on any atom is 0.416 e. The first kappa shape index (κ1) is 28.8. The van der Waals surface area contributed by atoms with E-state index in [4.69, 9.17) is 4.78 Å². The predicted octanol–water partition coefficient (Wildman–Crippen LogP) is 7.15. The van der Waals surface area contributed by atoms with Gasteiger partial charge in [-0.3, -0.25) is 4.78 Å². The van der Waals surface area contributed by atoms with Gasteiger partial charge in [-0.05, 0) is 60.4 Å². The Hall–Kier alpha value is -4.24. The lowest BCUT2D eigenvalue weighted by molar-refractivity contribution is -0.137. The van der Waals surface area contributed by atoms with Crippen molar-refractivity contribution < 1.29 is 31.0 Å². The van der Waals surface area contributed by atoms with E-state index in [-0.39, 0.29) is 11.6 Å². The van der Waals surface area contributed by atoms with E-state index in [0.717, 1.165) is 6.07 Å². The first-order chi connectivity index (χ1) is 18.9. The summed E-state index contributed by atoms with van der Waals surface area (Å²) in [6.07, 6.45) is -1.53. The van der Waals surface area contributed by atoms with Gasteiger partial charge < -0.3 is 16.0 Å². The van der Waals surface area contributed by atoms with Crippen LogP contribution in [0.2, 0.25) is 0 Å². The summed E-state index contributed by atoms with van der Waals surface area (Å²) >= 11 is 1.26. The minimum atomic E-state index is -4.74. The van der Waals surface area contributed by atoms with E-state index in [1.54, 1.807) is 30.5 Å². The maximum atomic E-state index is 14.9. The first-order valence-corrected chi connectivity index (χ1v) is 13.6. The number of thiol groups is 1. The number of amides is 2. The highest BCUT2D eigenvalue weighted by Gasteiger charge is 2.31. The van der Waals surface area contributed by atoms with Crippen molar-refractivity contribution in [2.75, 3.05) is 22.2 Å². The average molecular weight is 595 g/mol. The number of rotatable bonds is 7. The Morgan fingerprint density at radius 3 is 2.40 bits per heavy atom. The number of anilines is 4. The maximum absolute atomic E-state index is 14.9. The van der Waals surface area contributed by atoms with Gasteiger partial charge in [-0.25, -0.2) is 27.8 Å². The van der Waals surface area contributed by atoms with Crippen molar-refractivity contribution in [1.82, 2.24) is 9.97 Å². The highest BCUT2D eigenvalue weighted by Crippen LogP contribution is 2.33. The van der Waals surface area contributed by atoms with Crippen LogP contribution in [0, 0.1) is 16.4 Å². The second-order valence-corrected chi connectivity index (χ2v) is 9.95. The van der Waals surface area contributed by atoms with Crippen molar-refractivity contribution in [3.8, 4) is 11.1 Å². The second kappa shape index (κ2) is 11.9. The van der Waals surface area contributed by atoms with Crippen LogP contribution in [-0.4, -0.2) is 26.5 Å². The molecule has 4 aromatic rings. The molecule has 0 bridgehead atoms. The molecule has 1 atom stereocenters. The summed E-state index contributed by atoms with van der Waals surface area (Å²) in [6.45, 7) is 0. The highest BCUT2D eigenvalue weighted by atomic mass is 32.2. The fourth-order valence-electron chi connectivity index (χ4n) is 3.48. The molecule has 208 valence electrons. The molecule has 0 radical (unpaired) electrons. The van der Waals surface area contributed by atoms with Crippen LogP contribution in [0.25, 0.3) is 11.1 Å². The van der Waals surface area contributed by atoms with Gasteiger partial charge in [0.2, 0.25) is 5.95 Å². The molecule has 3 aromatic carbocycles. The Labute approximate surface area is 230 Å². The Balaban J connectivity index is 1.51. The number of hydrogen-bond donors (Lipinski definition) is 5. The van der Waals surface area contributed by atoms with Crippen molar-refractivity contribution in [3.05, 3.63) is 84.1 Å². The van der Waals surface area contributed by atoms with E-state index in [9.17, 15) is 31.0 Å². The zero-order valence-electron chi connectivity index (χ0n) is 20.3. The number of nitrogens with one attached hydrogen (secondary N) is 4. The van der Waals surface area contributed by atoms with Gasteiger partial charge in [0.15, 0.2) is 0 Å². The molecule has 8 nitrogen and oxygen atoms in total. The summed E-state index contributed by atoms with van der Waals surface area (Å²) in [5.74, 6) is -1.75. The Morgan fingerprint density at radius 1 is 0.975 bits per heavy atom. The quantitative estimate of drug-likeness (QED) is 0.0671. The number of alkyl halides is 3. The largest absolute Gasteiger partial charge is 0.416 e. The number of benzene rings is 3. The van der Waals surface area contributed by atoms with Crippen LogP contribution in [0.4, 0.5) is 49.8 Å². The van der Waals surface area contributed by atoms with Gasteiger partial charge in [0.25, 0.3) is 0 Å². The van der Waals surface area contributed by atoms with E-state index in [1.165, 1.54) is 30.1 Å². The second-order valence-electron chi connectivity index (χ2n) is 8.05. The first-order valence-electron chi connectivity index (χ1n) is 11.2. The fraction of sp³-hybridized carbons (Fsp3) is 0.0800. The number of aromatic nitrogens is 2.